The lowest BCUT2D eigenvalue weighted by Crippen LogP contribution is -2.22. The normalized spacial score (nSPS) is 14.5. The summed E-state index contributed by atoms with van der Waals surface area (Å²) in [6.07, 6.45) is 3.25. The molecule has 1 aliphatic heterocycles. The van der Waals surface area contributed by atoms with E-state index in [4.69, 9.17) is 5.11 Å². The summed E-state index contributed by atoms with van der Waals surface area (Å²) >= 11 is 1.82. The molecule has 0 saturated carbocycles. The van der Waals surface area contributed by atoms with Crippen molar-refractivity contribution < 1.29 is 5.11 Å². The molecule has 1 saturated heterocycles. The van der Waals surface area contributed by atoms with Crippen molar-refractivity contribution in [2.24, 2.45) is 0 Å². The minimum atomic E-state index is 0.263. The van der Waals surface area contributed by atoms with E-state index in [2.05, 4.69) is 30.5 Å². The summed E-state index contributed by atoms with van der Waals surface area (Å²) < 4.78 is 0. The summed E-state index contributed by atoms with van der Waals surface area (Å²) in [7, 11) is 1.82. The fourth-order valence-electron chi connectivity index (χ4n) is 2.12. The van der Waals surface area contributed by atoms with Gasteiger partial charge in [-0.25, -0.2) is 0 Å². The third-order valence-corrected chi connectivity index (χ3v) is 4.28. The highest BCUT2D eigenvalue weighted by Crippen LogP contribution is 2.18. The molecule has 3 N–H and O–H groups in total. The van der Waals surface area contributed by atoms with Crippen LogP contribution >= 0.6 is 11.8 Å². The molecular formula is C13H24N6OS. The second-order valence-electron chi connectivity index (χ2n) is 4.84. The van der Waals surface area contributed by atoms with Crippen molar-refractivity contribution in [3.05, 3.63) is 0 Å². The van der Waals surface area contributed by atoms with Gasteiger partial charge in [0.15, 0.2) is 0 Å². The Morgan fingerprint density at radius 2 is 1.90 bits per heavy atom. The fourth-order valence-corrected chi connectivity index (χ4v) is 2.90. The van der Waals surface area contributed by atoms with Crippen molar-refractivity contribution in [3.63, 3.8) is 0 Å². The van der Waals surface area contributed by atoms with Gasteiger partial charge in [0, 0.05) is 39.0 Å². The van der Waals surface area contributed by atoms with Crippen LogP contribution in [0, 0.1) is 0 Å². The maximum atomic E-state index is 8.73. The van der Waals surface area contributed by atoms with Crippen molar-refractivity contribution in [1.82, 2.24) is 15.0 Å². The lowest BCUT2D eigenvalue weighted by Gasteiger charge is -2.16. The SMILES string of the molecule is CNc1nc(NCCSCCCO)nc(N2CCCC2)n1. The average Bonchev–Trinajstić information content (AvgIpc) is 3.05. The molecule has 0 aliphatic carbocycles. The van der Waals surface area contributed by atoms with E-state index in [1.54, 1.807) is 0 Å². The summed E-state index contributed by atoms with van der Waals surface area (Å²) in [4.78, 5) is 15.5. The molecule has 0 atom stereocenters. The molecule has 1 aromatic rings. The van der Waals surface area contributed by atoms with Crippen LogP contribution < -0.4 is 15.5 Å². The van der Waals surface area contributed by atoms with Crippen LogP contribution in [-0.2, 0) is 0 Å². The first-order valence-corrected chi connectivity index (χ1v) is 8.60. The molecule has 1 fully saturated rings. The van der Waals surface area contributed by atoms with Gasteiger partial charge in [0.25, 0.3) is 0 Å². The lowest BCUT2D eigenvalue weighted by atomic mass is 10.4. The molecule has 2 heterocycles. The highest BCUT2D eigenvalue weighted by molar-refractivity contribution is 7.99. The molecule has 8 heteroatoms. The van der Waals surface area contributed by atoms with E-state index in [1.165, 1.54) is 12.8 Å². The number of hydrogen-bond acceptors (Lipinski definition) is 8. The number of aliphatic hydroxyl groups excluding tert-OH is 1. The van der Waals surface area contributed by atoms with Crippen molar-refractivity contribution in [3.8, 4) is 0 Å². The van der Waals surface area contributed by atoms with E-state index in [-0.39, 0.29) is 6.61 Å². The average molecular weight is 312 g/mol. The minimum Gasteiger partial charge on any atom is -0.396 e. The molecule has 1 aromatic heterocycles. The van der Waals surface area contributed by atoms with E-state index in [9.17, 15) is 0 Å². The number of aromatic nitrogens is 3. The number of anilines is 3. The Kier molecular flexibility index (Phi) is 6.81. The van der Waals surface area contributed by atoms with Crippen molar-refractivity contribution in [1.29, 1.82) is 0 Å². The monoisotopic (exact) mass is 312 g/mol. The molecule has 2 rings (SSSR count). The van der Waals surface area contributed by atoms with Gasteiger partial charge in [-0.15, -0.1) is 0 Å². The number of aliphatic hydroxyl groups is 1. The van der Waals surface area contributed by atoms with Gasteiger partial charge in [-0.1, -0.05) is 0 Å². The summed E-state index contributed by atoms with van der Waals surface area (Å²) in [5.41, 5.74) is 0. The fraction of sp³-hybridized carbons (Fsp3) is 0.769. The van der Waals surface area contributed by atoms with E-state index in [0.29, 0.717) is 11.9 Å². The van der Waals surface area contributed by atoms with Crippen molar-refractivity contribution >= 4 is 29.6 Å². The Bertz CT molecular complexity index is 427. The molecule has 0 amide bonds. The van der Waals surface area contributed by atoms with Gasteiger partial charge in [0.05, 0.1) is 0 Å². The Labute approximate surface area is 130 Å². The molecule has 21 heavy (non-hydrogen) atoms. The van der Waals surface area contributed by atoms with Crippen LogP contribution in [0.2, 0.25) is 0 Å². The Morgan fingerprint density at radius 1 is 1.14 bits per heavy atom. The van der Waals surface area contributed by atoms with Gasteiger partial charge in [-0.2, -0.15) is 26.7 Å². The van der Waals surface area contributed by atoms with E-state index in [0.717, 1.165) is 43.5 Å². The number of hydrogen-bond donors (Lipinski definition) is 3. The van der Waals surface area contributed by atoms with Gasteiger partial charge < -0.3 is 20.6 Å². The van der Waals surface area contributed by atoms with Crippen molar-refractivity contribution in [2.45, 2.75) is 19.3 Å². The molecular weight excluding hydrogens is 288 g/mol. The molecule has 0 bridgehead atoms. The van der Waals surface area contributed by atoms with Gasteiger partial charge in [0.2, 0.25) is 17.8 Å². The number of nitrogens with zero attached hydrogens (tertiary/aromatic N) is 4. The highest BCUT2D eigenvalue weighted by Gasteiger charge is 2.16. The third kappa shape index (κ3) is 5.20. The summed E-state index contributed by atoms with van der Waals surface area (Å²) in [5, 5.41) is 15.0. The van der Waals surface area contributed by atoms with E-state index >= 15 is 0 Å². The highest BCUT2D eigenvalue weighted by atomic mass is 32.2. The van der Waals surface area contributed by atoms with Crippen LogP contribution in [0.4, 0.5) is 17.8 Å². The first kappa shape index (κ1) is 16.1. The zero-order valence-electron chi connectivity index (χ0n) is 12.5. The largest absolute Gasteiger partial charge is 0.396 e. The third-order valence-electron chi connectivity index (χ3n) is 3.21. The number of nitrogens with one attached hydrogen (secondary N) is 2. The number of rotatable bonds is 9. The van der Waals surface area contributed by atoms with Crippen LogP contribution in [0.1, 0.15) is 19.3 Å². The second kappa shape index (κ2) is 8.89. The Hall–Kier alpha value is -1.28. The molecule has 118 valence electrons. The topological polar surface area (TPSA) is 86.2 Å². The Morgan fingerprint density at radius 3 is 2.62 bits per heavy atom. The summed E-state index contributed by atoms with van der Waals surface area (Å²) in [6, 6.07) is 0. The van der Waals surface area contributed by atoms with Crippen LogP contribution in [0.3, 0.4) is 0 Å². The van der Waals surface area contributed by atoms with Crippen LogP contribution in [0.15, 0.2) is 0 Å². The van der Waals surface area contributed by atoms with Gasteiger partial charge >= 0.3 is 0 Å². The molecule has 7 nitrogen and oxygen atoms in total. The minimum absolute atomic E-state index is 0.263. The zero-order chi connectivity index (χ0) is 14.9. The predicted molar refractivity (Wildman–Crippen MR) is 88.3 cm³/mol. The first-order valence-electron chi connectivity index (χ1n) is 7.44. The summed E-state index contributed by atoms with van der Waals surface area (Å²) in [5.74, 6) is 3.93. The van der Waals surface area contributed by atoms with Crippen molar-refractivity contribution in [2.75, 3.05) is 60.3 Å². The molecule has 0 radical (unpaired) electrons. The molecule has 0 aromatic carbocycles. The van der Waals surface area contributed by atoms with Gasteiger partial charge in [-0.3, -0.25) is 0 Å². The van der Waals surface area contributed by atoms with Gasteiger partial charge in [0.1, 0.15) is 0 Å². The standard InChI is InChI=1S/C13H24N6OS/c1-14-11-16-12(15-5-10-21-9-4-8-20)18-13(17-11)19-6-2-3-7-19/h20H,2-10H2,1H3,(H2,14,15,16,17,18). The molecule has 0 spiro atoms. The van der Waals surface area contributed by atoms with Crippen LogP contribution in [-0.4, -0.2) is 64.9 Å². The summed E-state index contributed by atoms with van der Waals surface area (Å²) in [6.45, 7) is 3.11. The van der Waals surface area contributed by atoms with E-state index < -0.39 is 0 Å². The first-order chi connectivity index (χ1) is 10.3. The predicted octanol–water partition coefficient (Wildman–Crippen LogP) is 1.04. The molecule has 1 aliphatic rings. The molecule has 0 unspecified atom stereocenters. The smallest absolute Gasteiger partial charge is 0.231 e. The zero-order valence-corrected chi connectivity index (χ0v) is 13.3. The maximum Gasteiger partial charge on any atom is 0.231 e. The maximum absolute atomic E-state index is 8.73. The Balaban J connectivity index is 1.87. The lowest BCUT2D eigenvalue weighted by molar-refractivity contribution is 0.296. The number of thioether (sulfide) groups is 1. The van der Waals surface area contributed by atoms with Gasteiger partial charge in [-0.05, 0) is 25.0 Å². The van der Waals surface area contributed by atoms with Crippen LogP contribution in [0.5, 0.6) is 0 Å². The van der Waals surface area contributed by atoms with E-state index in [1.807, 2.05) is 18.8 Å². The van der Waals surface area contributed by atoms with Crippen LogP contribution in [0.25, 0.3) is 0 Å². The quantitative estimate of drug-likeness (QED) is 0.583. The second-order valence-corrected chi connectivity index (χ2v) is 6.07.